The third-order valence-corrected chi connectivity index (χ3v) is 8.85. The third-order valence-electron chi connectivity index (χ3n) is 8.12. The second kappa shape index (κ2) is 7.89. The molecule has 0 saturated heterocycles. The minimum Gasteiger partial charge on any atom is -0.324 e. The fourth-order valence-corrected chi connectivity index (χ4v) is 6.93. The first-order chi connectivity index (χ1) is 12.7. The van der Waals surface area contributed by atoms with Crippen LogP contribution in [0.15, 0.2) is 36.0 Å². The van der Waals surface area contributed by atoms with E-state index >= 15 is 0 Å². The molecular formula is C23H36ClNOS. The Hall–Kier alpha value is -0.220. The standard InChI is InChI=1S/C23H36ClNOS/c1-6-17-14-22(5)20-8-7-11-21(3,4)19(20)9-12-23(22,25)15-18(17)16(2)10-13-27-26-24/h6,17-18H,1-2,7-15,25H2,3-5H3. The number of hydrogen-bond donors (Lipinski definition) is 1. The lowest BCUT2D eigenvalue weighted by molar-refractivity contribution is 0.0356. The summed E-state index contributed by atoms with van der Waals surface area (Å²) in [7, 11) is 0. The van der Waals surface area contributed by atoms with Gasteiger partial charge in [-0.2, -0.15) is 0 Å². The van der Waals surface area contributed by atoms with Crippen molar-refractivity contribution in [1.29, 1.82) is 0 Å². The quantitative estimate of drug-likeness (QED) is 0.292. The monoisotopic (exact) mass is 409 g/mol. The third kappa shape index (κ3) is 3.70. The molecule has 4 heteroatoms. The molecule has 152 valence electrons. The molecule has 4 atom stereocenters. The summed E-state index contributed by atoms with van der Waals surface area (Å²) in [5.41, 5.74) is 12.2. The molecule has 0 aromatic heterocycles. The van der Waals surface area contributed by atoms with Gasteiger partial charge in [0.05, 0.1) is 11.9 Å². The SMILES string of the molecule is C=CC1CC2(C)C3=C(CCC2(N)CC1C(=C)CCSOCl)C(C)(C)CCC3. The minimum atomic E-state index is -0.136. The predicted octanol–water partition coefficient (Wildman–Crippen LogP) is 6.97. The van der Waals surface area contributed by atoms with Gasteiger partial charge in [-0.05, 0) is 68.6 Å². The second-order valence-corrected chi connectivity index (χ2v) is 11.0. The van der Waals surface area contributed by atoms with Gasteiger partial charge in [0.25, 0.3) is 0 Å². The van der Waals surface area contributed by atoms with Crippen LogP contribution in [0.1, 0.15) is 72.1 Å². The topological polar surface area (TPSA) is 35.2 Å². The van der Waals surface area contributed by atoms with Gasteiger partial charge in [-0.3, -0.25) is 0 Å². The van der Waals surface area contributed by atoms with E-state index in [1.54, 1.807) is 11.1 Å². The maximum Gasteiger partial charge on any atom is 0.0753 e. The van der Waals surface area contributed by atoms with E-state index < -0.39 is 0 Å². The lowest BCUT2D eigenvalue weighted by atomic mass is 9.46. The average molecular weight is 410 g/mol. The molecule has 0 heterocycles. The average Bonchev–Trinajstić information content (AvgIpc) is 2.61. The predicted molar refractivity (Wildman–Crippen MR) is 118 cm³/mol. The number of allylic oxidation sites excluding steroid dienone is 3. The summed E-state index contributed by atoms with van der Waals surface area (Å²) in [4.78, 5) is 0. The molecule has 0 amide bonds. The van der Waals surface area contributed by atoms with Crippen molar-refractivity contribution in [3.63, 3.8) is 0 Å². The minimum absolute atomic E-state index is 0.0852. The summed E-state index contributed by atoms with van der Waals surface area (Å²) in [5, 5.41) is 0. The number of halogens is 1. The van der Waals surface area contributed by atoms with Crippen LogP contribution < -0.4 is 5.73 Å². The summed E-state index contributed by atoms with van der Waals surface area (Å²) in [6.07, 6.45) is 11.3. The Morgan fingerprint density at radius 2 is 2.00 bits per heavy atom. The highest BCUT2D eigenvalue weighted by atomic mass is 35.5. The van der Waals surface area contributed by atoms with E-state index in [9.17, 15) is 0 Å². The zero-order valence-corrected chi connectivity index (χ0v) is 18.9. The molecule has 0 aromatic rings. The van der Waals surface area contributed by atoms with Gasteiger partial charge in [0.15, 0.2) is 0 Å². The van der Waals surface area contributed by atoms with Crippen LogP contribution in [-0.4, -0.2) is 11.3 Å². The lowest BCUT2D eigenvalue weighted by Crippen LogP contribution is -2.62. The molecule has 0 spiro atoms. The summed E-state index contributed by atoms with van der Waals surface area (Å²) in [6.45, 7) is 15.9. The van der Waals surface area contributed by atoms with E-state index in [1.807, 2.05) is 0 Å². The van der Waals surface area contributed by atoms with Gasteiger partial charge in [0, 0.05) is 28.7 Å². The smallest absolute Gasteiger partial charge is 0.0753 e. The van der Waals surface area contributed by atoms with Crippen LogP contribution in [0.25, 0.3) is 0 Å². The zero-order chi connectivity index (χ0) is 19.9. The van der Waals surface area contributed by atoms with Gasteiger partial charge in [-0.25, -0.2) is 3.74 Å². The van der Waals surface area contributed by atoms with E-state index in [4.69, 9.17) is 17.6 Å². The molecule has 27 heavy (non-hydrogen) atoms. The van der Waals surface area contributed by atoms with Crippen molar-refractivity contribution in [2.45, 2.75) is 77.7 Å². The Morgan fingerprint density at radius 1 is 1.26 bits per heavy atom. The van der Waals surface area contributed by atoms with Crippen molar-refractivity contribution in [3.8, 4) is 0 Å². The molecule has 3 rings (SSSR count). The Kier molecular flexibility index (Phi) is 6.28. The summed E-state index contributed by atoms with van der Waals surface area (Å²) in [6, 6.07) is 0. The molecule has 3 aliphatic rings. The van der Waals surface area contributed by atoms with E-state index in [1.165, 1.54) is 43.3 Å². The van der Waals surface area contributed by atoms with Crippen molar-refractivity contribution in [2.75, 3.05) is 5.75 Å². The Balaban J connectivity index is 1.91. The van der Waals surface area contributed by atoms with Crippen molar-refractivity contribution in [1.82, 2.24) is 0 Å². The van der Waals surface area contributed by atoms with E-state index in [0.717, 1.165) is 31.4 Å². The van der Waals surface area contributed by atoms with Gasteiger partial charge < -0.3 is 5.73 Å². The zero-order valence-electron chi connectivity index (χ0n) is 17.3. The molecule has 0 radical (unpaired) electrons. The largest absolute Gasteiger partial charge is 0.324 e. The fraction of sp³-hybridized carbons (Fsp3) is 0.739. The number of rotatable bonds is 6. The Morgan fingerprint density at radius 3 is 2.67 bits per heavy atom. The normalized spacial score (nSPS) is 38.1. The molecule has 0 bridgehead atoms. The highest BCUT2D eigenvalue weighted by Gasteiger charge is 2.57. The van der Waals surface area contributed by atoms with Crippen molar-refractivity contribution in [3.05, 3.63) is 36.0 Å². The molecule has 3 aliphatic carbocycles. The van der Waals surface area contributed by atoms with Crippen LogP contribution in [0, 0.1) is 22.7 Å². The molecule has 4 unspecified atom stereocenters. The summed E-state index contributed by atoms with van der Waals surface area (Å²) >= 11 is 6.62. The Labute approximate surface area is 175 Å². The second-order valence-electron chi connectivity index (χ2n) is 9.89. The highest BCUT2D eigenvalue weighted by molar-refractivity contribution is 7.95. The number of hydrogen-bond acceptors (Lipinski definition) is 3. The van der Waals surface area contributed by atoms with Gasteiger partial charge >= 0.3 is 0 Å². The molecule has 2 N–H and O–H groups in total. The van der Waals surface area contributed by atoms with Crippen molar-refractivity contribution in [2.24, 2.45) is 28.4 Å². The highest BCUT2D eigenvalue weighted by Crippen LogP contribution is 2.63. The van der Waals surface area contributed by atoms with Crippen LogP contribution in [0.5, 0.6) is 0 Å². The van der Waals surface area contributed by atoms with Crippen LogP contribution in [-0.2, 0) is 3.74 Å². The van der Waals surface area contributed by atoms with Crippen molar-refractivity contribution >= 4 is 23.9 Å². The van der Waals surface area contributed by atoms with Crippen LogP contribution in [0.3, 0.4) is 0 Å². The molecule has 2 nitrogen and oxygen atoms in total. The van der Waals surface area contributed by atoms with E-state index in [2.05, 4.69) is 43.7 Å². The first-order valence-electron chi connectivity index (χ1n) is 10.4. The molecule has 0 aliphatic heterocycles. The van der Waals surface area contributed by atoms with Gasteiger partial charge in [0.2, 0.25) is 0 Å². The number of fused-ring (bicyclic) bond motifs is 2. The van der Waals surface area contributed by atoms with Gasteiger partial charge in [-0.1, -0.05) is 50.1 Å². The van der Waals surface area contributed by atoms with E-state index in [0.29, 0.717) is 17.3 Å². The van der Waals surface area contributed by atoms with Crippen LogP contribution >= 0.6 is 23.9 Å². The van der Waals surface area contributed by atoms with Gasteiger partial charge in [-0.15, -0.1) is 6.58 Å². The van der Waals surface area contributed by atoms with Gasteiger partial charge in [0.1, 0.15) is 0 Å². The fourth-order valence-electron chi connectivity index (χ4n) is 6.34. The summed E-state index contributed by atoms with van der Waals surface area (Å²) < 4.78 is 4.63. The Bertz CT molecular complexity index is 642. The lowest BCUT2D eigenvalue weighted by Gasteiger charge is -2.61. The van der Waals surface area contributed by atoms with Crippen molar-refractivity contribution < 1.29 is 3.74 Å². The molecule has 1 fully saturated rings. The first kappa shape index (κ1) is 21.5. The molecule has 1 saturated carbocycles. The van der Waals surface area contributed by atoms with Crippen LogP contribution in [0.4, 0.5) is 0 Å². The first-order valence-corrected chi connectivity index (χ1v) is 11.6. The van der Waals surface area contributed by atoms with E-state index in [-0.39, 0.29) is 11.0 Å². The maximum atomic E-state index is 7.23. The maximum absolute atomic E-state index is 7.23. The van der Waals surface area contributed by atoms with Crippen LogP contribution in [0.2, 0.25) is 0 Å². The summed E-state index contributed by atoms with van der Waals surface area (Å²) in [5.74, 6) is 1.69. The molecular weight excluding hydrogens is 374 g/mol. The molecule has 0 aromatic carbocycles. The number of nitrogens with two attached hydrogens (primary N) is 1.